The number of hydrogen-bond acceptors (Lipinski definition) is 2. The second kappa shape index (κ2) is 4.60. The molecule has 2 fully saturated rings. The van der Waals surface area contributed by atoms with Crippen LogP contribution in [0, 0.1) is 17.3 Å². The molecule has 0 bridgehead atoms. The third-order valence-electron chi connectivity index (χ3n) is 4.55. The fourth-order valence-electron chi connectivity index (χ4n) is 3.17. The van der Waals surface area contributed by atoms with Gasteiger partial charge in [0.15, 0.2) is 0 Å². The van der Waals surface area contributed by atoms with Gasteiger partial charge in [-0.15, -0.1) is 0 Å². The summed E-state index contributed by atoms with van der Waals surface area (Å²) in [7, 11) is 0. The minimum absolute atomic E-state index is 0.212. The molecule has 1 saturated carbocycles. The van der Waals surface area contributed by atoms with Crippen LogP contribution in [0.3, 0.4) is 0 Å². The molecule has 17 heavy (non-hydrogen) atoms. The van der Waals surface area contributed by atoms with Gasteiger partial charge >= 0.3 is 0 Å². The van der Waals surface area contributed by atoms with Gasteiger partial charge < -0.3 is 10.6 Å². The normalized spacial score (nSPS) is 34.4. The molecule has 3 atom stereocenters. The van der Waals surface area contributed by atoms with E-state index >= 15 is 0 Å². The van der Waals surface area contributed by atoms with Gasteiger partial charge in [0.25, 0.3) is 0 Å². The molecule has 3 nitrogen and oxygen atoms in total. The average molecular weight is 238 g/mol. The predicted molar refractivity (Wildman–Crippen MR) is 69.5 cm³/mol. The van der Waals surface area contributed by atoms with Crippen molar-refractivity contribution in [2.24, 2.45) is 23.0 Å². The highest BCUT2D eigenvalue weighted by atomic mass is 16.2. The lowest BCUT2D eigenvalue weighted by molar-refractivity contribution is -0.134. The molecule has 1 aliphatic carbocycles. The molecule has 1 saturated heterocycles. The summed E-state index contributed by atoms with van der Waals surface area (Å²) in [4.78, 5) is 14.4. The number of amides is 1. The Morgan fingerprint density at radius 3 is 2.41 bits per heavy atom. The first kappa shape index (κ1) is 12.9. The van der Waals surface area contributed by atoms with Gasteiger partial charge in [-0.3, -0.25) is 4.79 Å². The van der Waals surface area contributed by atoms with E-state index in [4.69, 9.17) is 5.73 Å². The van der Waals surface area contributed by atoms with Crippen LogP contribution in [0.2, 0.25) is 0 Å². The molecule has 0 aromatic rings. The first-order chi connectivity index (χ1) is 7.88. The zero-order valence-electron chi connectivity index (χ0n) is 11.4. The van der Waals surface area contributed by atoms with Crippen LogP contribution in [-0.4, -0.2) is 29.9 Å². The van der Waals surface area contributed by atoms with Crippen molar-refractivity contribution in [1.29, 1.82) is 0 Å². The van der Waals surface area contributed by atoms with Crippen molar-refractivity contribution >= 4 is 5.91 Å². The summed E-state index contributed by atoms with van der Waals surface area (Å²) in [5, 5.41) is 0. The van der Waals surface area contributed by atoms with E-state index in [1.54, 1.807) is 0 Å². The van der Waals surface area contributed by atoms with Gasteiger partial charge in [0.05, 0.1) is 0 Å². The van der Waals surface area contributed by atoms with Crippen LogP contribution in [0.25, 0.3) is 0 Å². The molecular formula is C14H26N2O. The van der Waals surface area contributed by atoms with Crippen LogP contribution in [-0.2, 0) is 4.79 Å². The highest BCUT2D eigenvalue weighted by Crippen LogP contribution is 2.35. The van der Waals surface area contributed by atoms with Crippen molar-refractivity contribution in [3.05, 3.63) is 0 Å². The van der Waals surface area contributed by atoms with E-state index < -0.39 is 0 Å². The van der Waals surface area contributed by atoms with Crippen molar-refractivity contribution in [1.82, 2.24) is 4.90 Å². The Bertz CT molecular complexity index is 295. The molecule has 3 unspecified atom stereocenters. The maximum Gasteiger partial charge on any atom is 0.225 e. The molecule has 2 rings (SSSR count). The molecule has 2 aliphatic rings. The Morgan fingerprint density at radius 1 is 1.24 bits per heavy atom. The molecule has 3 heteroatoms. The Morgan fingerprint density at radius 2 is 1.94 bits per heavy atom. The summed E-state index contributed by atoms with van der Waals surface area (Å²) in [6.07, 6.45) is 4.08. The number of likely N-dealkylation sites (tertiary alicyclic amines) is 1. The van der Waals surface area contributed by atoms with E-state index in [1.807, 2.05) is 0 Å². The fraction of sp³-hybridized carbons (Fsp3) is 0.929. The van der Waals surface area contributed by atoms with Gasteiger partial charge in [-0.1, -0.05) is 20.8 Å². The summed E-state index contributed by atoms with van der Waals surface area (Å²) in [6, 6.07) is 0.255. The van der Waals surface area contributed by atoms with Crippen LogP contribution >= 0.6 is 0 Å². The number of nitrogens with two attached hydrogens (primary N) is 1. The van der Waals surface area contributed by atoms with Gasteiger partial charge in [-0.05, 0) is 37.0 Å². The lowest BCUT2D eigenvalue weighted by atomic mass is 9.80. The van der Waals surface area contributed by atoms with Crippen LogP contribution < -0.4 is 5.73 Å². The van der Waals surface area contributed by atoms with Gasteiger partial charge in [0.1, 0.15) is 0 Å². The molecule has 0 spiro atoms. The predicted octanol–water partition coefficient (Wildman–Crippen LogP) is 2.01. The standard InChI is InChI=1S/C14H26N2O/c1-14(2,3)11-6-7-16(9-11)13(17)10-4-5-12(15)8-10/h10-12H,4-9,15H2,1-3H3. The third-order valence-corrected chi connectivity index (χ3v) is 4.55. The molecular weight excluding hydrogens is 212 g/mol. The third kappa shape index (κ3) is 2.82. The van der Waals surface area contributed by atoms with E-state index in [1.165, 1.54) is 0 Å². The molecule has 0 aromatic carbocycles. The smallest absolute Gasteiger partial charge is 0.225 e. The summed E-state index contributed by atoms with van der Waals surface area (Å²) >= 11 is 0. The van der Waals surface area contributed by atoms with Crippen LogP contribution in [0.1, 0.15) is 46.5 Å². The van der Waals surface area contributed by atoms with E-state index in [-0.39, 0.29) is 12.0 Å². The molecule has 1 aliphatic heterocycles. The zero-order valence-corrected chi connectivity index (χ0v) is 11.4. The second-order valence-electron chi connectivity index (χ2n) is 6.91. The van der Waals surface area contributed by atoms with E-state index in [9.17, 15) is 4.79 Å². The van der Waals surface area contributed by atoms with Gasteiger partial charge in [-0.25, -0.2) is 0 Å². The molecule has 98 valence electrons. The van der Waals surface area contributed by atoms with Crippen molar-refractivity contribution < 1.29 is 4.79 Å². The van der Waals surface area contributed by atoms with Gasteiger partial charge in [0.2, 0.25) is 5.91 Å². The van der Waals surface area contributed by atoms with Crippen LogP contribution in [0.15, 0.2) is 0 Å². The Kier molecular flexibility index (Phi) is 3.48. The Balaban J connectivity index is 1.90. The first-order valence-electron chi connectivity index (χ1n) is 6.92. The van der Waals surface area contributed by atoms with Crippen LogP contribution in [0.5, 0.6) is 0 Å². The number of nitrogens with zero attached hydrogens (tertiary/aromatic N) is 1. The average Bonchev–Trinajstić information content (AvgIpc) is 2.83. The number of hydrogen-bond donors (Lipinski definition) is 1. The van der Waals surface area contributed by atoms with E-state index in [0.29, 0.717) is 17.2 Å². The van der Waals surface area contributed by atoms with Crippen LogP contribution in [0.4, 0.5) is 0 Å². The number of carbonyl (C=O) groups excluding carboxylic acids is 1. The number of carbonyl (C=O) groups is 1. The second-order valence-corrected chi connectivity index (χ2v) is 6.91. The molecule has 1 amide bonds. The zero-order chi connectivity index (χ0) is 12.6. The lowest BCUT2D eigenvalue weighted by Gasteiger charge is -2.27. The monoisotopic (exact) mass is 238 g/mol. The summed E-state index contributed by atoms with van der Waals surface area (Å²) in [5.41, 5.74) is 6.21. The summed E-state index contributed by atoms with van der Waals surface area (Å²) in [6.45, 7) is 8.73. The maximum atomic E-state index is 12.3. The molecule has 0 aromatic heterocycles. The summed E-state index contributed by atoms with van der Waals surface area (Å²) in [5.74, 6) is 1.23. The topological polar surface area (TPSA) is 46.3 Å². The van der Waals surface area contributed by atoms with E-state index in [0.717, 1.165) is 38.8 Å². The van der Waals surface area contributed by atoms with Gasteiger partial charge in [-0.2, -0.15) is 0 Å². The highest BCUT2D eigenvalue weighted by molar-refractivity contribution is 5.79. The number of rotatable bonds is 1. The quantitative estimate of drug-likeness (QED) is 0.759. The summed E-state index contributed by atoms with van der Waals surface area (Å²) < 4.78 is 0. The molecule has 1 heterocycles. The maximum absolute atomic E-state index is 12.3. The van der Waals surface area contributed by atoms with Crippen molar-refractivity contribution in [2.75, 3.05) is 13.1 Å². The molecule has 0 radical (unpaired) electrons. The largest absolute Gasteiger partial charge is 0.342 e. The van der Waals surface area contributed by atoms with Crippen molar-refractivity contribution in [3.8, 4) is 0 Å². The van der Waals surface area contributed by atoms with E-state index in [2.05, 4.69) is 25.7 Å². The minimum Gasteiger partial charge on any atom is -0.342 e. The van der Waals surface area contributed by atoms with Crippen molar-refractivity contribution in [3.63, 3.8) is 0 Å². The molecule has 2 N–H and O–H groups in total. The fourth-order valence-corrected chi connectivity index (χ4v) is 3.17. The minimum atomic E-state index is 0.212. The first-order valence-corrected chi connectivity index (χ1v) is 6.92. The highest BCUT2D eigenvalue weighted by Gasteiger charge is 2.37. The SMILES string of the molecule is CC(C)(C)C1CCN(C(=O)C2CCC(N)C2)C1. The van der Waals surface area contributed by atoms with Gasteiger partial charge in [0, 0.05) is 25.0 Å². The Labute approximate surface area is 105 Å². The Hall–Kier alpha value is -0.570. The lowest BCUT2D eigenvalue weighted by Crippen LogP contribution is -2.35. The van der Waals surface area contributed by atoms with Crippen molar-refractivity contribution in [2.45, 2.75) is 52.5 Å².